The summed E-state index contributed by atoms with van der Waals surface area (Å²) >= 11 is 0. The van der Waals surface area contributed by atoms with Crippen molar-refractivity contribution in [3.8, 4) is 0 Å². The molecule has 0 aliphatic carbocycles. The van der Waals surface area contributed by atoms with Gasteiger partial charge in [-0.2, -0.15) is 0 Å². The summed E-state index contributed by atoms with van der Waals surface area (Å²) in [5.74, 6) is -6.49. The zero-order valence-electron chi connectivity index (χ0n) is 18.7. The Labute approximate surface area is 190 Å². The van der Waals surface area contributed by atoms with Crippen LogP contribution in [0.3, 0.4) is 0 Å². The minimum Gasteiger partial charge on any atom is -0.481 e. The molecule has 5 atom stereocenters. The third kappa shape index (κ3) is 11.8. The standard InChI is InChI=1S/C19H33N5O9/c1-8(2)6-11(17(30)23-12(19(32)33)7-13(21)26)22-18(31)15(9(3)25)24-16(29)10(20)4-5-14(27)28/h8-12,15,25H,4-7,20H2,1-3H3,(H2,21,26)(H,22,31)(H,23,30)(H,24,29)(H,27,28)(H,32,33). The number of carboxylic acids is 2. The van der Waals surface area contributed by atoms with Gasteiger partial charge in [-0.25, -0.2) is 4.79 Å². The van der Waals surface area contributed by atoms with E-state index in [0.29, 0.717) is 0 Å². The Morgan fingerprint density at radius 2 is 1.39 bits per heavy atom. The number of aliphatic hydroxyl groups is 1. The van der Waals surface area contributed by atoms with Gasteiger partial charge in [-0.15, -0.1) is 0 Å². The molecule has 10 N–H and O–H groups in total. The van der Waals surface area contributed by atoms with Gasteiger partial charge in [0.1, 0.15) is 18.1 Å². The number of rotatable bonds is 15. The molecule has 0 radical (unpaired) electrons. The van der Waals surface area contributed by atoms with Crippen LogP contribution in [0.25, 0.3) is 0 Å². The van der Waals surface area contributed by atoms with Gasteiger partial charge >= 0.3 is 11.9 Å². The fraction of sp³-hybridized carbons (Fsp3) is 0.684. The van der Waals surface area contributed by atoms with Crippen molar-refractivity contribution < 1.29 is 44.1 Å². The van der Waals surface area contributed by atoms with Crippen molar-refractivity contribution in [2.24, 2.45) is 17.4 Å². The molecule has 0 bridgehead atoms. The number of amides is 4. The van der Waals surface area contributed by atoms with E-state index in [9.17, 15) is 33.9 Å². The Morgan fingerprint density at radius 3 is 1.82 bits per heavy atom. The molecule has 0 aliphatic heterocycles. The van der Waals surface area contributed by atoms with Gasteiger partial charge in [-0.05, 0) is 25.7 Å². The first-order valence-corrected chi connectivity index (χ1v) is 10.2. The smallest absolute Gasteiger partial charge is 0.326 e. The van der Waals surface area contributed by atoms with Crippen LogP contribution in [0.1, 0.15) is 46.5 Å². The minimum atomic E-state index is -1.61. The Bertz CT molecular complexity index is 741. The summed E-state index contributed by atoms with van der Waals surface area (Å²) in [6.45, 7) is 4.68. The third-order valence-electron chi connectivity index (χ3n) is 4.43. The van der Waals surface area contributed by atoms with Crippen LogP contribution in [0.4, 0.5) is 0 Å². The van der Waals surface area contributed by atoms with E-state index >= 15 is 0 Å². The minimum absolute atomic E-state index is 0.0685. The summed E-state index contributed by atoms with van der Waals surface area (Å²) in [5.41, 5.74) is 10.6. The zero-order valence-corrected chi connectivity index (χ0v) is 18.7. The monoisotopic (exact) mass is 475 g/mol. The summed E-state index contributed by atoms with van der Waals surface area (Å²) in [6, 6.07) is -5.65. The van der Waals surface area contributed by atoms with Gasteiger partial charge < -0.3 is 42.7 Å². The highest BCUT2D eigenvalue weighted by molar-refractivity contribution is 5.95. The molecule has 0 aromatic rings. The predicted molar refractivity (Wildman–Crippen MR) is 113 cm³/mol. The molecule has 0 spiro atoms. The van der Waals surface area contributed by atoms with Crippen molar-refractivity contribution in [2.75, 3.05) is 0 Å². The molecule has 0 aliphatic rings. The van der Waals surface area contributed by atoms with Crippen molar-refractivity contribution in [3.05, 3.63) is 0 Å². The van der Waals surface area contributed by atoms with Crippen LogP contribution in [0.5, 0.6) is 0 Å². The van der Waals surface area contributed by atoms with Crippen LogP contribution in [-0.2, 0) is 28.8 Å². The van der Waals surface area contributed by atoms with E-state index in [0.717, 1.165) is 0 Å². The Hall–Kier alpha value is -3.26. The summed E-state index contributed by atoms with van der Waals surface area (Å²) in [5, 5.41) is 34.5. The molecule has 0 rings (SSSR count). The number of nitrogens with two attached hydrogens (primary N) is 2. The van der Waals surface area contributed by atoms with Crippen molar-refractivity contribution in [3.63, 3.8) is 0 Å². The summed E-state index contributed by atoms with van der Waals surface area (Å²) < 4.78 is 0. The van der Waals surface area contributed by atoms with E-state index in [1.807, 2.05) is 0 Å². The molecule has 5 unspecified atom stereocenters. The van der Waals surface area contributed by atoms with Gasteiger partial charge in [0.05, 0.1) is 18.6 Å². The molecule has 0 aromatic heterocycles. The highest BCUT2D eigenvalue weighted by Gasteiger charge is 2.33. The number of hydrogen-bond acceptors (Lipinski definition) is 8. The van der Waals surface area contributed by atoms with E-state index in [-0.39, 0.29) is 25.2 Å². The topological polar surface area (TPSA) is 251 Å². The van der Waals surface area contributed by atoms with E-state index in [2.05, 4.69) is 16.0 Å². The number of carboxylic acid groups (broad SMARTS) is 2. The summed E-state index contributed by atoms with van der Waals surface area (Å²) in [6.07, 6.45) is -2.59. The third-order valence-corrected chi connectivity index (χ3v) is 4.43. The van der Waals surface area contributed by atoms with E-state index in [1.54, 1.807) is 13.8 Å². The Balaban J connectivity index is 5.42. The summed E-state index contributed by atoms with van der Waals surface area (Å²) in [7, 11) is 0. The number of carbonyl (C=O) groups is 6. The van der Waals surface area contributed by atoms with Gasteiger partial charge in [0.2, 0.25) is 23.6 Å². The van der Waals surface area contributed by atoms with Crippen LogP contribution in [0.15, 0.2) is 0 Å². The highest BCUT2D eigenvalue weighted by atomic mass is 16.4. The normalized spacial score (nSPS) is 15.5. The van der Waals surface area contributed by atoms with Crippen LogP contribution >= 0.6 is 0 Å². The largest absolute Gasteiger partial charge is 0.481 e. The molecular weight excluding hydrogens is 442 g/mol. The van der Waals surface area contributed by atoms with Crippen molar-refractivity contribution in [1.82, 2.24) is 16.0 Å². The Morgan fingerprint density at radius 1 is 0.848 bits per heavy atom. The second-order valence-electron chi connectivity index (χ2n) is 8.03. The average molecular weight is 475 g/mol. The first kappa shape index (κ1) is 29.7. The molecule has 14 heteroatoms. The van der Waals surface area contributed by atoms with Crippen LogP contribution in [0.2, 0.25) is 0 Å². The molecule has 0 heterocycles. The van der Waals surface area contributed by atoms with E-state index in [4.69, 9.17) is 21.7 Å². The highest BCUT2D eigenvalue weighted by Crippen LogP contribution is 2.08. The fourth-order valence-electron chi connectivity index (χ4n) is 2.71. The molecule has 0 saturated heterocycles. The lowest BCUT2D eigenvalue weighted by Crippen LogP contribution is -2.60. The number of nitrogens with one attached hydrogen (secondary N) is 3. The van der Waals surface area contributed by atoms with Gasteiger partial charge in [-0.1, -0.05) is 13.8 Å². The molecule has 14 nitrogen and oxygen atoms in total. The lowest BCUT2D eigenvalue weighted by Gasteiger charge is -2.27. The van der Waals surface area contributed by atoms with Crippen LogP contribution in [-0.4, -0.2) is 81.2 Å². The fourth-order valence-corrected chi connectivity index (χ4v) is 2.71. The zero-order chi connectivity index (χ0) is 25.9. The van der Waals surface area contributed by atoms with E-state index < -0.39 is 72.3 Å². The average Bonchev–Trinajstić information content (AvgIpc) is 2.67. The molecule has 0 fully saturated rings. The molecular formula is C19H33N5O9. The lowest BCUT2D eigenvalue weighted by molar-refractivity contribution is -0.144. The summed E-state index contributed by atoms with van der Waals surface area (Å²) in [4.78, 5) is 70.5. The molecule has 0 saturated carbocycles. The first-order chi connectivity index (χ1) is 15.1. The number of aliphatic carboxylic acids is 2. The van der Waals surface area contributed by atoms with Gasteiger partial charge in [-0.3, -0.25) is 24.0 Å². The van der Waals surface area contributed by atoms with Gasteiger partial charge in [0.15, 0.2) is 0 Å². The molecule has 188 valence electrons. The van der Waals surface area contributed by atoms with Gasteiger partial charge in [0, 0.05) is 6.42 Å². The predicted octanol–water partition coefficient (Wildman–Crippen LogP) is -2.98. The van der Waals surface area contributed by atoms with Crippen molar-refractivity contribution >= 4 is 35.6 Å². The maximum atomic E-state index is 12.7. The maximum absolute atomic E-state index is 12.7. The Kier molecular flexibility index (Phi) is 12.6. The number of carbonyl (C=O) groups excluding carboxylic acids is 4. The van der Waals surface area contributed by atoms with Crippen molar-refractivity contribution in [2.45, 2.75) is 76.7 Å². The SMILES string of the molecule is CC(C)CC(NC(=O)C(NC(=O)C(N)CCC(=O)O)C(C)O)C(=O)NC(CC(N)=O)C(=O)O. The first-order valence-electron chi connectivity index (χ1n) is 10.2. The molecule has 0 aromatic carbocycles. The number of primary amides is 1. The number of aliphatic hydroxyl groups excluding tert-OH is 1. The second-order valence-corrected chi connectivity index (χ2v) is 8.03. The lowest BCUT2D eigenvalue weighted by atomic mass is 10.0. The molecule has 4 amide bonds. The van der Waals surface area contributed by atoms with Crippen molar-refractivity contribution in [1.29, 1.82) is 0 Å². The quantitative estimate of drug-likeness (QED) is 0.119. The maximum Gasteiger partial charge on any atom is 0.326 e. The van der Waals surface area contributed by atoms with Crippen LogP contribution in [0, 0.1) is 5.92 Å². The van der Waals surface area contributed by atoms with E-state index in [1.165, 1.54) is 6.92 Å². The number of hydrogen-bond donors (Lipinski definition) is 8. The molecule has 33 heavy (non-hydrogen) atoms. The van der Waals surface area contributed by atoms with Gasteiger partial charge in [0.25, 0.3) is 0 Å². The second kappa shape index (κ2) is 14.0. The van der Waals surface area contributed by atoms with Crippen LogP contribution < -0.4 is 27.4 Å².